The Bertz CT molecular complexity index is 1420. The fourth-order valence-electron chi connectivity index (χ4n) is 5.01. The number of carboxylic acid groups (broad SMARTS) is 2. The maximum absolute atomic E-state index is 13.5. The fourth-order valence-corrected chi connectivity index (χ4v) is 5.01. The van der Waals surface area contributed by atoms with Gasteiger partial charge in [-0.15, -0.1) is 0 Å². The van der Waals surface area contributed by atoms with E-state index < -0.39 is 108 Å². The van der Waals surface area contributed by atoms with E-state index in [4.69, 9.17) is 11.5 Å². The molecule has 0 fully saturated rings. The lowest BCUT2D eigenvalue weighted by atomic mass is 9.91. The largest absolute Gasteiger partial charge is 0.481 e. The first-order valence-corrected chi connectivity index (χ1v) is 16.6. The number of carboxylic acids is 2. The Labute approximate surface area is 297 Å². The van der Waals surface area contributed by atoms with Crippen LogP contribution in [0.4, 0.5) is 0 Å². The minimum atomic E-state index is -1.79. The van der Waals surface area contributed by atoms with Gasteiger partial charge in [0.05, 0.1) is 18.4 Å². The summed E-state index contributed by atoms with van der Waals surface area (Å²) in [5, 5.41) is 30.8. The van der Waals surface area contributed by atoms with Crippen LogP contribution in [0.5, 0.6) is 0 Å². The monoisotopic (exact) mass is 719 g/mol. The van der Waals surface area contributed by atoms with E-state index in [1.54, 1.807) is 53.7 Å². The summed E-state index contributed by atoms with van der Waals surface area (Å²) in [5.74, 6) is -9.67. The van der Waals surface area contributed by atoms with Crippen LogP contribution >= 0.6 is 0 Å². The van der Waals surface area contributed by atoms with Crippen molar-refractivity contribution in [3.8, 4) is 0 Å². The number of carbonyl (C=O) groups is 8. The maximum Gasteiger partial charge on any atom is 0.326 e. The molecular formula is C34H53N7O10. The lowest BCUT2D eigenvalue weighted by Crippen LogP contribution is -2.62. The summed E-state index contributed by atoms with van der Waals surface area (Å²) in [6.07, 6.45) is -1.54. The summed E-state index contributed by atoms with van der Waals surface area (Å²) in [4.78, 5) is 102. The molecule has 0 aliphatic rings. The van der Waals surface area contributed by atoms with Crippen molar-refractivity contribution in [2.75, 3.05) is 0 Å². The average molecular weight is 720 g/mol. The van der Waals surface area contributed by atoms with E-state index in [0.29, 0.717) is 0 Å². The molecule has 1 aromatic rings. The Kier molecular flexibility index (Phi) is 17.2. The third kappa shape index (κ3) is 15.2. The minimum absolute atomic E-state index is 0.0120. The zero-order valence-corrected chi connectivity index (χ0v) is 30.1. The van der Waals surface area contributed by atoms with Gasteiger partial charge in [-0.1, -0.05) is 71.9 Å². The van der Waals surface area contributed by atoms with Gasteiger partial charge >= 0.3 is 11.9 Å². The minimum Gasteiger partial charge on any atom is -0.481 e. The maximum atomic E-state index is 13.5. The highest BCUT2D eigenvalue weighted by molar-refractivity contribution is 5.98. The van der Waals surface area contributed by atoms with E-state index in [1.165, 1.54) is 6.92 Å². The molecule has 0 heterocycles. The van der Waals surface area contributed by atoms with Gasteiger partial charge in [0.1, 0.15) is 30.2 Å². The first-order valence-electron chi connectivity index (χ1n) is 16.6. The van der Waals surface area contributed by atoms with Crippen molar-refractivity contribution in [2.24, 2.45) is 29.2 Å². The zero-order chi connectivity index (χ0) is 39.2. The number of rotatable bonds is 21. The third-order valence-corrected chi connectivity index (χ3v) is 7.79. The van der Waals surface area contributed by atoms with E-state index in [2.05, 4.69) is 26.6 Å². The van der Waals surface area contributed by atoms with Gasteiger partial charge < -0.3 is 48.3 Å². The second kappa shape index (κ2) is 20.0. The number of aliphatic carboxylic acids is 2. The quantitative estimate of drug-likeness (QED) is 0.0755. The molecule has 284 valence electrons. The highest BCUT2D eigenvalue weighted by Crippen LogP contribution is 2.14. The molecule has 6 atom stereocenters. The summed E-state index contributed by atoms with van der Waals surface area (Å²) >= 11 is 0. The van der Waals surface area contributed by atoms with Crippen LogP contribution in [0.3, 0.4) is 0 Å². The van der Waals surface area contributed by atoms with E-state index in [0.717, 1.165) is 5.56 Å². The second-order valence-corrected chi connectivity index (χ2v) is 13.9. The molecule has 1 rings (SSSR count). The van der Waals surface area contributed by atoms with Crippen molar-refractivity contribution in [2.45, 2.75) is 110 Å². The van der Waals surface area contributed by atoms with Gasteiger partial charge in [0.25, 0.3) is 0 Å². The highest BCUT2D eigenvalue weighted by Gasteiger charge is 2.37. The smallest absolute Gasteiger partial charge is 0.326 e. The van der Waals surface area contributed by atoms with Gasteiger partial charge in [-0.25, -0.2) is 4.79 Å². The van der Waals surface area contributed by atoms with Crippen LogP contribution in [0.1, 0.15) is 73.3 Å². The predicted octanol–water partition coefficient (Wildman–Crippen LogP) is -0.837. The van der Waals surface area contributed by atoms with Gasteiger partial charge in [0, 0.05) is 0 Å². The summed E-state index contributed by atoms with van der Waals surface area (Å²) in [6.45, 7) is 11.5. The van der Waals surface area contributed by atoms with Crippen LogP contribution in [0, 0.1) is 17.8 Å². The molecule has 17 heteroatoms. The van der Waals surface area contributed by atoms with Crippen molar-refractivity contribution in [3.63, 3.8) is 0 Å². The highest BCUT2D eigenvalue weighted by atomic mass is 16.4. The zero-order valence-electron chi connectivity index (χ0n) is 30.1. The molecule has 0 bridgehead atoms. The first kappa shape index (κ1) is 44.0. The van der Waals surface area contributed by atoms with Crippen LogP contribution in [-0.2, 0) is 44.8 Å². The summed E-state index contributed by atoms with van der Waals surface area (Å²) in [5.41, 5.74) is 11.1. The molecule has 0 unspecified atom stereocenters. The van der Waals surface area contributed by atoms with Crippen LogP contribution < -0.4 is 38.1 Å². The van der Waals surface area contributed by atoms with Crippen molar-refractivity contribution in [1.29, 1.82) is 0 Å². The van der Waals surface area contributed by atoms with E-state index >= 15 is 0 Å². The number of carbonyl (C=O) groups excluding carboxylic acids is 6. The number of hydrogen-bond donors (Lipinski definition) is 9. The third-order valence-electron chi connectivity index (χ3n) is 7.79. The number of primary amides is 1. The summed E-state index contributed by atoms with van der Waals surface area (Å²) < 4.78 is 0. The van der Waals surface area contributed by atoms with Gasteiger partial charge in [0.15, 0.2) is 0 Å². The Morgan fingerprint density at radius 1 is 0.667 bits per heavy atom. The SMILES string of the molecule is CC(C)C[C@H](NC(=O)[C@H](CC(=O)O)NC(=O)[C@H](CC(N)=O)NC(=O)[C@@H](NC(=O)[C@@H](NC(=O)[C@@](C)(N)Cc1ccccc1)C(C)C)C(C)C)C(=O)O. The molecule has 0 aliphatic carbocycles. The van der Waals surface area contributed by atoms with Crippen LogP contribution in [0.25, 0.3) is 0 Å². The van der Waals surface area contributed by atoms with Crippen LogP contribution in [0.2, 0.25) is 0 Å². The summed E-state index contributed by atoms with van der Waals surface area (Å²) in [6, 6.07) is 1.72. The van der Waals surface area contributed by atoms with Crippen molar-refractivity contribution in [1.82, 2.24) is 26.6 Å². The Morgan fingerprint density at radius 2 is 1.12 bits per heavy atom. The molecule has 1 aromatic carbocycles. The molecule has 17 nitrogen and oxygen atoms in total. The van der Waals surface area contributed by atoms with Gasteiger partial charge in [-0.05, 0) is 43.1 Å². The van der Waals surface area contributed by atoms with Gasteiger partial charge in [-0.2, -0.15) is 0 Å². The molecule has 11 N–H and O–H groups in total. The normalized spacial score (nSPS) is 15.4. The van der Waals surface area contributed by atoms with E-state index in [9.17, 15) is 48.6 Å². The Morgan fingerprint density at radius 3 is 1.57 bits per heavy atom. The Balaban J connectivity index is 3.19. The Hall–Kier alpha value is -5.06. The molecule has 6 amide bonds. The molecule has 0 aromatic heterocycles. The number of benzene rings is 1. The number of nitrogens with two attached hydrogens (primary N) is 2. The lowest BCUT2D eigenvalue weighted by Gasteiger charge is -2.31. The average Bonchev–Trinajstić information content (AvgIpc) is 3.00. The molecule has 0 spiro atoms. The van der Waals surface area contributed by atoms with Crippen molar-refractivity contribution in [3.05, 3.63) is 35.9 Å². The lowest BCUT2D eigenvalue weighted by molar-refractivity contribution is -0.144. The fraction of sp³-hybridized carbons (Fsp3) is 0.588. The van der Waals surface area contributed by atoms with Gasteiger partial charge in [0.2, 0.25) is 35.4 Å². The van der Waals surface area contributed by atoms with Crippen LogP contribution in [0.15, 0.2) is 30.3 Å². The predicted molar refractivity (Wildman–Crippen MR) is 185 cm³/mol. The molecule has 0 saturated carbocycles. The van der Waals surface area contributed by atoms with Crippen molar-refractivity contribution < 1.29 is 48.6 Å². The number of nitrogens with one attached hydrogen (secondary N) is 5. The summed E-state index contributed by atoms with van der Waals surface area (Å²) in [7, 11) is 0. The van der Waals surface area contributed by atoms with Gasteiger partial charge in [-0.3, -0.25) is 33.6 Å². The second-order valence-electron chi connectivity index (χ2n) is 13.9. The number of hydrogen-bond acceptors (Lipinski definition) is 9. The topological polar surface area (TPSA) is 289 Å². The first-order chi connectivity index (χ1) is 23.5. The van der Waals surface area contributed by atoms with Crippen molar-refractivity contribution >= 4 is 47.4 Å². The number of amides is 6. The van der Waals surface area contributed by atoms with Crippen LogP contribution in [-0.4, -0.2) is 93.3 Å². The van der Waals surface area contributed by atoms with E-state index in [1.807, 2.05) is 18.2 Å². The molecule has 51 heavy (non-hydrogen) atoms. The molecule has 0 radical (unpaired) electrons. The molecule has 0 aliphatic heterocycles. The molecular weight excluding hydrogens is 666 g/mol. The standard InChI is InChI=1S/C34H53N7O10/c1-17(2)13-23(32(49)50)39-29(46)22(15-25(43)44)37-28(45)21(14-24(35)42)38-30(47)26(18(3)4)40-31(48)27(19(5)6)41-33(51)34(7,36)16-20-11-9-8-10-12-20/h8-12,17-19,21-23,26-27H,13-16,36H2,1-7H3,(H2,35,42)(H,37,45)(H,38,47)(H,39,46)(H,40,48)(H,41,51)(H,43,44)(H,49,50)/t21-,22-,23-,26-,27-,34-/m0/s1. The molecule has 0 saturated heterocycles. The van der Waals surface area contributed by atoms with E-state index in [-0.39, 0.29) is 18.8 Å².